The summed E-state index contributed by atoms with van der Waals surface area (Å²) >= 11 is 1.39. The summed E-state index contributed by atoms with van der Waals surface area (Å²) in [6.45, 7) is 6.47. The van der Waals surface area contributed by atoms with Crippen molar-refractivity contribution in [2.75, 3.05) is 6.54 Å². The Kier molecular flexibility index (Phi) is 7.15. The molecule has 0 atom stereocenters. The van der Waals surface area contributed by atoms with Crippen molar-refractivity contribution in [3.63, 3.8) is 0 Å². The lowest BCUT2D eigenvalue weighted by atomic mass is 10.2. The van der Waals surface area contributed by atoms with Gasteiger partial charge in [0.05, 0.1) is 34.8 Å². The van der Waals surface area contributed by atoms with Gasteiger partial charge in [0.1, 0.15) is 17.1 Å². The van der Waals surface area contributed by atoms with E-state index in [1.807, 2.05) is 64.3 Å². The fraction of sp³-hybridized carbons (Fsp3) is 0.375. The lowest BCUT2D eigenvalue weighted by Gasteiger charge is -2.26. The number of imidazole rings is 1. The molecule has 0 saturated carbocycles. The highest BCUT2D eigenvalue weighted by atomic mass is 32.1. The number of aryl methyl sites for hydroxylation is 1. The molecule has 11 heteroatoms. The first-order chi connectivity index (χ1) is 16.7. The molecule has 0 unspecified atom stereocenters. The Hall–Kier alpha value is -3.73. The van der Waals surface area contributed by atoms with Crippen molar-refractivity contribution in [1.29, 1.82) is 0 Å². The molecule has 0 aliphatic heterocycles. The summed E-state index contributed by atoms with van der Waals surface area (Å²) in [6, 6.07) is 9.57. The predicted molar refractivity (Wildman–Crippen MR) is 133 cm³/mol. The number of ether oxygens (including phenoxy) is 1. The number of amides is 2. The van der Waals surface area contributed by atoms with Crippen LogP contribution in [0.25, 0.3) is 11.0 Å². The number of aromatic amines is 1. The number of hydrogen-bond donors (Lipinski definition) is 2. The fourth-order valence-electron chi connectivity index (χ4n) is 3.40. The number of hydrogen-bond acceptors (Lipinski definition) is 7. The van der Waals surface area contributed by atoms with E-state index in [2.05, 4.69) is 25.4 Å². The van der Waals surface area contributed by atoms with Gasteiger partial charge in [0.2, 0.25) is 0 Å². The summed E-state index contributed by atoms with van der Waals surface area (Å²) in [4.78, 5) is 39.3. The zero-order valence-corrected chi connectivity index (χ0v) is 21.1. The molecule has 2 amide bonds. The van der Waals surface area contributed by atoms with Crippen LogP contribution in [0.4, 0.5) is 4.79 Å². The van der Waals surface area contributed by atoms with E-state index in [1.165, 1.54) is 11.3 Å². The molecule has 184 valence electrons. The maximum absolute atomic E-state index is 12.9. The monoisotopic (exact) mass is 495 g/mol. The minimum Gasteiger partial charge on any atom is -0.444 e. The van der Waals surface area contributed by atoms with Gasteiger partial charge < -0.3 is 19.9 Å². The first-order valence-corrected chi connectivity index (χ1v) is 12.2. The van der Waals surface area contributed by atoms with Crippen LogP contribution in [0.2, 0.25) is 0 Å². The second kappa shape index (κ2) is 10.3. The van der Waals surface area contributed by atoms with Gasteiger partial charge in [-0.05, 0) is 39.0 Å². The summed E-state index contributed by atoms with van der Waals surface area (Å²) in [5.74, 6) is 0.412. The summed E-state index contributed by atoms with van der Waals surface area (Å²) in [7, 11) is 1.83. The number of rotatable bonds is 8. The van der Waals surface area contributed by atoms with Gasteiger partial charge in [-0.1, -0.05) is 12.1 Å². The molecule has 0 aliphatic carbocycles. The molecule has 1 aromatic carbocycles. The van der Waals surface area contributed by atoms with Gasteiger partial charge in [-0.25, -0.2) is 14.8 Å². The van der Waals surface area contributed by atoms with Crippen LogP contribution >= 0.6 is 11.3 Å². The molecule has 0 fully saturated rings. The maximum atomic E-state index is 12.9. The average Bonchev–Trinajstić information content (AvgIpc) is 3.53. The molecule has 0 aliphatic rings. The predicted octanol–water partition coefficient (Wildman–Crippen LogP) is 3.66. The number of para-hydroxylation sites is 2. The van der Waals surface area contributed by atoms with Crippen molar-refractivity contribution in [1.82, 2.24) is 34.9 Å². The Bertz CT molecular complexity index is 1280. The quantitative estimate of drug-likeness (QED) is 0.385. The number of carbonyl (C=O) groups excluding carboxylic acids is 2. The summed E-state index contributed by atoms with van der Waals surface area (Å²) in [5.41, 5.74) is 2.25. The molecule has 3 aromatic heterocycles. The van der Waals surface area contributed by atoms with Crippen molar-refractivity contribution in [2.24, 2.45) is 7.05 Å². The third kappa shape index (κ3) is 6.66. The Morgan fingerprint density at radius 3 is 2.71 bits per heavy atom. The standard InChI is InChI=1S/C24H29N7O3S/c1-24(2,3)34-23(33)31(14-20-26-17-7-5-6-8-18(17)27-20)12-10-21-28-19(15-35-21)22(32)25-13-16-9-11-30(4)29-16/h5-9,11,15H,10,12-14H2,1-4H3,(H,25,32)(H,26,27). The van der Waals surface area contributed by atoms with Crippen molar-refractivity contribution in [3.8, 4) is 0 Å². The van der Waals surface area contributed by atoms with Gasteiger partial charge in [-0.2, -0.15) is 5.10 Å². The van der Waals surface area contributed by atoms with Gasteiger partial charge in [-0.15, -0.1) is 11.3 Å². The lowest BCUT2D eigenvalue weighted by Crippen LogP contribution is -2.38. The number of aromatic nitrogens is 5. The number of fused-ring (bicyclic) bond motifs is 1. The molecule has 0 saturated heterocycles. The molecule has 0 bridgehead atoms. The van der Waals surface area contributed by atoms with Crippen LogP contribution in [-0.4, -0.2) is 53.8 Å². The molecule has 0 spiro atoms. The van der Waals surface area contributed by atoms with E-state index in [9.17, 15) is 9.59 Å². The number of benzene rings is 1. The van der Waals surface area contributed by atoms with Crippen LogP contribution in [0.15, 0.2) is 41.9 Å². The van der Waals surface area contributed by atoms with Crippen LogP contribution in [0, 0.1) is 0 Å². The topological polar surface area (TPSA) is 118 Å². The van der Waals surface area contributed by atoms with Crippen molar-refractivity contribution >= 4 is 34.4 Å². The molecule has 3 heterocycles. The van der Waals surface area contributed by atoms with E-state index in [4.69, 9.17) is 4.74 Å². The highest BCUT2D eigenvalue weighted by molar-refractivity contribution is 7.09. The molecular weight excluding hydrogens is 466 g/mol. The van der Waals surface area contributed by atoms with E-state index in [1.54, 1.807) is 15.0 Å². The molecule has 10 nitrogen and oxygen atoms in total. The Labute approximate surface area is 207 Å². The van der Waals surface area contributed by atoms with Gasteiger partial charge in [0.15, 0.2) is 0 Å². The van der Waals surface area contributed by atoms with Crippen molar-refractivity contribution in [3.05, 3.63) is 64.1 Å². The van der Waals surface area contributed by atoms with Gasteiger partial charge in [0.25, 0.3) is 5.91 Å². The van der Waals surface area contributed by atoms with Gasteiger partial charge >= 0.3 is 6.09 Å². The number of nitrogens with zero attached hydrogens (tertiary/aromatic N) is 5. The Morgan fingerprint density at radius 2 is 2.00 bits per heavy atom. The van der Waals surface area contributed by atoms with E-state index in [0.717, 1.165) is 21.7 Å². The SMILES string of the molecule is Cn1ccc(CNC(=O)c2csc(CCN(Cc3nc4ccccc4[nH]3)C(=O)OC(C)(C)C)n2)n1. The normalized spacial score (nSPS) is 11.5. The first-order valence-electron chi connectivity index (χ1n) is 11.3. The van der Waals surface area contributed by atoms with E-state index >= 15 is 0 Å². The number of thiazole rings is 1. The second-order valence-electron chi connectivity index (χ2n) is 9.14. The van der Waals surface area contributed by atoms with Crippen LogP contribution in [-0.2, 0) is 31.3 Å². The maximum Gasteiger partial charge on any atom is 0.410 e. The van der Waals surface area contributed by atoms with Crippen LogP contribution in [0.3, 0.4) is 0 Å². The second-order valence-corrected chi connectivity index (χ2v) is 10.1. The molecule has 2 N–H and O–H groups in total. The number of carbonyl (C=O) groups is 2. The molecular formula is C24H29N7O3S. The van der Waals surface area contributed by atoms with E-state index in [0.29, 0.717) is 31.0 Å². The minimum absolute atomic E-state index is 0.260. The number of H-pyrrole nitrogens is 1. The van der Waals surface area contributed by atoms with Gasteiger partial charge in [0, 0.05) is 31.6 Å². The molecule has 0 radical (unpaired) electrons. The van der Waals surface area contributed by atoms with E-state index in [-0.39, 0.29) is 12.5 Å². The summed E-state index contributed by atoms with van der Waals surface area (Å²) < 4.78 is 7.30. The van der Waals surface area contributed by atoms with Crippen LogP contribution in [0.1, 0.15) is 47.8 Å². The van der Waals surface area contributed by atoms with E-state index < -0.39 is 11.7 Å². The van der Waals surface area contributed by atoms with Crippen LogP contribution < -0.4 is 5.32 Å². The fourth-order valence-corrected chi connectivity index (χ4v) is 4.17. The average molecular weight is 496 g/mol. The molecule has 4 aromatic rings. The third-order valence-electron chi connectivity index (χ3n) is 5.01. The largest absolute Gasteiger partial charge is 0.444 e. The van der Waals surface area contributed by atoms with Gasteiger partial charge in [-0.3, -0.25) is 9.48 Å². The Morgan fingerprint density at radius 1 is 1.20 bits per heavy atom. The summed E-state index contributed by atoms with van der Waals surface area (Å²) in [5, 5.41) is 9.55. The zero-order valence-electron chi connectivity index (χ0n) is 20.2. The highest BCUT2D eigenvalue weighted by Crippen LogP contribution is 2.17. The third-order valence-corrected chi connectivity index (χ3v) is 5.92. The Balaban J connectivity index is 1.40. The van der Waals surface area contributed by atoms with Crippen molar-refractivity contribution < 1.29 is 14.3 Å². The highest BCUT2D eigenvalue weighted by Gasteiger charge is 2.24. The smallest absolute Gasteiger partial charge is 0.410 e. The first kappa shape index (κ1) is 24.4. The molecule has 35 heavy (non-hydrogen) atoms. The minimum atomic E-state index is -0.622. The van der Waals surface area contributed by atoms with Crippen LogP contribution in [0.5, 0.6) is 0 Å². The zero-order chi connectivity index (χ0) is 25.0. The summed E-state index contributed by atoms with van der Waals surface area (Å²) in [6.07, 6.45) is 1.88. The number of nitrogens with one attached hydrogen (secondary N) is 2. The lowest BCUT2D eigenvalue weighted by molar-refractivity contribution is 0.0231. The van der Waals surface area contributed by atoms with Crippen molar-refractivity contribution in [2.45, 2.75) is 45.9 Å². The molecule has 4 rings (SSSR count).